The first-order chi connectivity index (χ1) is 18.4. The molecule has 208 valence electrons. The number of nitrogens with two attached hydrogens (primary N) is 2. The van der Waals surface area contributed by atoms with Crippen molar-refractivity contribution in [2.45, 2.75) is 67.6 Å². The van der Waals surface area contributed by atoms with Crippen LogP contribution < -0.4 is 32.4 Å². The Balaban J connectivity index is 1.33. The number of rotatable bonds is 4. The number of aliphatic hydroxyl groups is 2. The van der Waals surface area contributed by atoms with Crippen LogP contribution in [0, 0.1) is 0 Å². The number of halogens is 2. The predicted octanol–water partition coefficient (Wildman–Crippen LogP) is -4.58. The molecule has 0 radical (unpaired) electrons. The lowest BCUT2D eigenvalue weighted by atomic mass is 9.84. The number of hydrogen-bond acceptors (Lipinski definition) is 9. The lowest BCUT2D eigenvalue weighted by Crippen LogP contribution is -2.92. The molecule has 0 bridgehead atoms. The number of benzene rings is 1. The van der Waals surface area contributed by atoms with E-state index in [1.807, 2.05) is 0 Å². The van der Waals surface area contributed by atoms with Gasteiger partial charge in [-0.25, -0.2) is 18.7 Å². The summed E-state index contributed by atoms with van der Waals surface area (Å²) in [5.74, 6) is -7.61. The lowest BCUT2D eigenvalue weighted by Gasteiger charge is -2.41. The molecule has 5 aliphatic rings. The van der Waals surface area contributed by atoms with Crippen molar-refractivity contribution in [2.75, 3.05) is 13.1 Å². The highest BCUT2D eigenvalue weighted by molar-refractivity contribution is 6.02. The van der Waals surface area contributed by atoms with E-state index >= 15 is 0 Å². The average molecular weight is 549 g/mol. The van der Waals surface area contributed by atoms with Crippen LogP contribution in [0.25, 0.3) is 0 Å². The van der Waals surface area contributed by atoms with Gasteiger partial charge in [0.05, 0.1) is 13.1 Å². The van der Waals surface area contributed by atoms with Crippen LogP contribution in [-0.4, -0.2) is 92.0 Å². The van der Waals surface area contributed by atoms with Crippen LogP contribution in [0.15, 0.2) is 18.2 Å². The second kappa shape index (κ2) is 8.32. The van der Waals surface area contributed by atoms with Crippen LogP contribution in [0.5, 0.6) is 0 Å². The molecule has 2 unspecified atom stereocenters. The first-order valence-corrected chi connectivity index (χ1v) is 12.8. The summed E-state index contributed by atoms with van der Waals surface area (Å²) >= 11 is 0. The number of fused-ring (bicyclic) bond motifs is 1. The summed E-state index contributed by atoms with van der Waals surface area (Å²) in [6, 6.07) is 1.22. The number of carbonyl (C=O) groups is 3. The Morgan fingerprint density at radius 3 is 2.64 bits per heavy atom. The molecular weight excluding hydrogens is 518 g/mol. The SMILES string of the molecule is NC1=[NH+][C@H]2[C@H](CN3C(=O)CCC3=O)NC(N)=[N+]3CC(NC(=O)c4cccc5c4C(F)(F)CCC5)C(O)(O)C23N1. The van der Waals surface area contributed by atoms with Crippen molar-refractivity contribution in [3.05, 3.63) is 34.9 Å². The molecule has 13 nitrogen and oxygen atoms in total. The van der Waals surface area contributed by atoms with E-state index < -0.39 is 41.4 Å². The normalized spacial score (nSPS) is 32.2. The molecule has 1 aromatic carbocycles. The van der Waals surface area contributed by atoms with E-state index in [0.717, 1.165) is 4.90 Å². The minimum Gasteiger partial charge on any atom is -0.358 e. The third-order valence-electron chi connectivity index (χ3n) is 8.49. The lowest BCUT2D eigenvalue weighted by molar-refractivity contribution is -0.674. The molecule has 39 heavy (non-hydrogen) atoms. The molecule has 1 aromatic rings. The summed E-state index contributed by atoms with van der Waals surface area (Å²) in [6.07, 6.45) is 0.460. The zero-order valence-electron chi connectivity index (χ0n) is 20.8. The van der Waals surface area contributed by atoms with Crippen LogP contribution in [-0.2, 0) is 21.9 Å². The largest absolute Gasteiger partial charge is 0.358 e. The monoisotopic (exact) mass is 548 g/mol. The topological polar surface area (TPSA) is 200 Å². The Kier molecular flexibility index (Phi) is 5.43. The Morgan fingerprint density at radius 2 is 1.92 bits per heavy atom. The Labute approximate surface area is 220 Å². The van der Waals surface area contributed by atoms with Gasteiger partial charge in [-0.05, 0) is 24.5 Å². The average Bonchev–Trinajstić information content (AvgIpc) is 3.46. The van der Waals surface area contributed by atoms with Gasteiger partial charge in [0.2, 0.25) is 11.8 Å². The van der Waals surface area contributed by atoms with Gasteiger partial charge < -0.3 is 15.5 Å². The standard InChI is InChI=1S/C24H28F2N8O5/c25-22(26)8-2-4-11-3-1-5-12(17(11)22)19(37)30-14-10-34-21(28)29-13(9-33-15(35)6-7-16(33)36)18-23(34,24(14,38)39)32-20(27)31-18/h1,3,5,13-14,18,38-39H,2,4,6-10H2,(H6,27,28,29,30,31,32,37)/p+2/t13-,14?,18-,23?/m0/s1. The van der Waals surface area contributed by atoms with Gasteiger partial charge >= 0.3 is 11.9 Å². The summed E-state index contributed by atoms with van der Waals surface area (Å²) in [4.78, 5) is 41.9. The number of amides is 3. The molecule has 1 spiro atoms. The zero-order valence-corrected chi connectivity index (χ0v) is 20.8. The first kappa shape index (κ1) is 25.4. The number of alkyl halides is 2. The number of guanidine groups is 2. The van der Waals surface area contributed by atoms with Gasteiger partial charge in [0, 0.05) is 30.4 Å². The van der Waals surface area contributed by atoms with Gasteiger partial charge in [0.25, 0.3) is 23.3 Å². The molecule has 6 rings (SSSR count). The van der Waals surface area contributed by atoms with Crippen molar-refractivity contribution >= 4 is 29.6 Å². The fourth-order valence-corrected chi connectivity index (χ4v) is 6.71. The first-order valence-electron chi connectivity index (χ1n) is 12.8. The highest BCUT2D eigenvalue weighted by atomic mass is 19.3. The number of imide groups is 1. The molecule has 15 heteroatoms. The smallest absolute Gasteiger partial charge is 0.347 e. The fraction of sp³-hybridized carbons (Fsp3) is 0.542. The Hall–Kier alpha value is -3.85. The number of nitrogens with one attached hydrogen (secondary N) is 4. The Bertz CT molecular complexity index is 1350. The third kappa shape index (κ3) is 3.52. The predicted molar refractivity (Wildman–Crippen MR) is 129 cm³/mol. The van der Waals surface area contributed by atoms with E-state index in [0.29, 0.717) is 12.0 Å². The van der Waals surface area contributed by atoms with Gasteiger partial charge in [-0.15, -0.1) is 0 Å². The summed E-state index contributed by atoms with van der Waals surface area (Å²) in [5, 5.41) is 31.6. The Morgan fingerprint density at radius 1 is 1.21 bits per heavy atom. The molecule has 0 aromatic heterocycles. The molecular formula is C24H30F2N8O5+2. The molecule has 2 saturated heterocycles. The summed E-state index contributed by atoms with van der Waals surface area (Å²) in [5.41, 5.74) is 10.3. The van der Waals surface area contributed by atoms with Crippen molar-refractivity contribution in [2.24, 2.45) is 11.5 Å². The van der Waals surface area contributed by atoms with Crippen LogP contribution in [0.4, 0.5) is 8.78 Å². The number of likely N-dealkylation sites (tertiary alicyclic amines) is 1. The van der Waals surface area contributed by atoms with Gasteiger partial charge in [0.15, 0.2) is 6.04 Å². The minimum absolute atomic E-state index is 0.0211. The molecule has 4 atom stereocenters. The van der Waals surface area contributed by atoms with Gasteiger partial charge in [-0.2, -0.15) is 0 Å². The summed E-state index contributed by atoms with van der Waals surface area (Å²) < 4.78 is 31.1. The van der Waals surface area contributed by atoms with Crippen LogP contribution in [0.1, 0.15) is 47.2 Å². The number of nitrogens with zero attached hydrogens (tertiary/aromatic N) is 2. The number of carbonyl (C=O) groups excluding carboxylic acids is 3. The molecule has 2 fully saturated rings. The third-order valence-corrected chi connectivity index (χ3v) is 8.49. The van der Waals surface area contributed by atoms with Crippen LogP contribution in [0.3, 0.4) is 0 Å². The van der Waals surface area contributed by atoms with E-state index in [9.17, 15) is 33.4 Å². The van der Waals surface area contributed by atoms with E-state index in [2.05, 4.69) is 20.9 Å². The van der Waals surface area contributed by atoms with Crippen molar-refractivity contribution in [3.63, 3.8) is 0 Å². The van der Waals surface area contributed by atoms with Gasteiger partial charge in [-0.3, -0.25) is 41.1 Å². The van der Waals surface area contributed by atoms with Crippen molar-refractivity contribution in [1.29, 1.82) is 0 Å². The van der Waals surface area contributed by atoms with E-state index in [1.165, 1.54) is 16.7 Å². The van der Waals surface area contributed by atoms with Crippen molar-refractivity contribution in [1.82, 2.24) is 20.9 Å². The van der Waals surface area contributed by atoms with Crippen molar-refractivity contribution in [3.8, 4) is 0 Å². The molecule has 0 saturated carbocycles. The van der Waals surface area contributed by atoms with Gasteiger partial charge in [-0.1, -0.05) is 12.1 Å². The maximum atomic E-state index is 14.9. The van der Waals surface area contributed by atoms with Crippen molar-refractivity contribution < 1.29 is 42.9 Å². The molecule has 4 heterocycles. The fourth-order valence-electron chi connectivity index (χ4n) is 6.71. The highest BCUT2D eigenvalue weighted by Gasteiger charge is 2.78. The molecule has 4 aliphatic heterocycles. The minimum atomic E-state index is -3.20. The van der Waals surface area contributed by atoms with Gasteiger partial charge in [0.1, 0.15) is 12.1 Å². The van der Waals surface area contributed by atoms with Crippen LogP contribution >= 0.6 is 0 Å². The highest BCUT2D eigenvalue weighted by Crippen LogP contribution is 2.42. The molecule has 1 aliphatic carbocycles. The second-order valence-electron chi connectivity index (χ2n) is 10.7. The summed E-state index contributed by atoms with van der Waals surface area (Å²) in [7, 11) is 0. The van der Waals surface area contributed by atoms with E-state index in [-0.39, 0.29) is 73.6 Å². The quantitative estimate of drug-likeness (QED) is 0.104. The summed E-state index contributed by atoms with van der Waals surface area (Å²) in [6.45, 7) is -0.353. The maximum Gasteiger partial charge on any atom is 0.347 e. The second-order valence-corrected chi connectivity index (χ2v) is 10.7. The number of aryl methyl sites for hydroxylation is 1. The molecule has 3 amide bonds. The zero-order chi connectivity index (χ0) is 27.9. The maximum absolute atomic E-state index is 14.9. The number of hydrogen-bond donors (Lipinski definition) is 8. The molecule has 10 N–H and O–H groups in total. The van der Waals surface area contributed by atoms with Crippen LogP contribution in [0.2, 0.25) is 0 Å². The van der Waals surface area contributed by atoms with E-state index in [1.54, 1.807) is 6.07 Å². The van der Waals surface area contributed by atoms with E-state index in [4.69, 9.17) is 11.5 Å².